The molecule has 0 spiro atoms. The summed E-state index contributed by atoms with van der Waals surface area (Å²) in [5, 5.41) is 7.04. The molecule has 0 aliphatic carbocycles. The molecule has 0 aromatic carbocycles. The predicted molar refractivity (Wildman–Crippen MR) is 210 cm³/mol. The Bertz CT molecular complexity index is 478. The third-order valence-corrected chi connectivity index (χ3v) is 10.1. The van der Waals surface area contributed by atoms with Crippen molar-refractivity contribution in [1.29, 1.82) is 0 Å². The first-order valence-electron chi connectivity index (χ1n) is 21.7. The van der Waals surface area contributed by atoms with Gasteiger partial charge in [0.15, 0.2) is 0 Å². The van der Waals surface area contributed by atoms with Crippen LogP contribution in [0.3, 0.4) is 0 Å². The van der Waals surface area contributed by atoms with Crippen molar-refractivity contribution in [1.82, 2.24) is 15.5 Å². The van der Waals surface area contributed by atoms with E-state index in [2.05, 4.69) is 29.4 Å². The average Bonchev–Trinajstić information content (AvgIpc) is 3.07. The molecule has 0 radical (unpaired) electrons. The fourth-order valence-electron chi connectivity index (χ4n) is 6.87. The van der Waals surface area contributed by atoms with Crippen LogP contribution in [0.5, 0.6) is 0 Å². The summed E-state index contributed by atoms with van der Waals surface area (Å²) in [7, 11) is 0. The van der Waals surface area contributed by atoms with Crippen molar-refractivity contribution in [3.63, 3.8) is 0 Å². The van der Waals surface area contributed by atoms with Gasteiger partial charge >= 0.3 is 0 Å². The van der Waals surface area contributed by atoms with Crippen molar-refractivity contribution in [3.05, 3.63) is 0 Å². The highest BCUT2D eigenvalue weighted by molar-refractivity contribution is 4.63. The van der Waals surface area contributed by atoms with Crippen LogP contribution in [-0.4, -0.2) is 57.3 Å². The third-order valence-electron chi connectivity index (χ3n) is 10.1. The zero-order valence-corrected chi connectivity index (χ0v) is 32.3. The van der Waals surface area contributed by atoms with Crippen LogP contribution < -0.4 is 16.4 Å². The number of nitrogens with two attached hydrogens (primary N) is 1. The minimum Gasteiger partial charge on any atom is -0.329 e. The smallest absolute Gasteiger partial charge is 0.0107 e. The minimum atomic E-state index is 0.729. The summed E-state index contributed by atoms with van der Waals surface area (Å²) in [6.07, 6.45) is 46.4. The van der Waals surface area contributed by atoms with E-state index >= 15 is 0 Å². The Kier molecular flexibility index (Phi) is 42.7. The zero-order valence-electron chi connectivity index (χ0n) is 32.3. The maximum absolute atomic E-state index is 5.59. The molecule has 0 aliphatic rings. The minimum absolute atomic E-state index is 0.729. The first-order valence-corrected chi connectivity index (χ1v) is 21.7. The lowest BCUT2D eigenvalue weighted by Gasteiger charge is -2.22. The Morgan fingerprint density at radius 2 is 0.565 bits per heavy atom. The van der Waals surface area contributed by atoms with Crippen LogP contribution in [0.2, 0.25) is 0 Å². The molecule has 0 bridgehead atoms. The Hall–Kier alpha value is -0.160. The van der Waals surface area contributed by atoms with Crippen LogP contribution in [0.25, 0.3) is 0 Å². The lowest BCUT2D eigenvalue weighted by molar-refractivity contribution is 0.260. The second-order valence-corrected chi connectivity index (χ2v) is 14.7. The lowest BCUT2D eigenvalue weighted by atomic mass is 10.0. The largest absolute Gasteiger partial charge is 0.329 e. The van der Waals surface area contributed by atoms with Crippen LogP contribution in [0.15, 0.2) is 0 Å². The van der Waals surface area contributed by atoms with Crippen LogP contribution in [-0.2, 0) is 0 Å². The monoisotopic (exact) mass is 651 g/mol. The molecule has 0 saturated carbocycles. The van der Waals surface area contributed by atoms with Gasteiger partial charge in [-0.3, -0.25) is 0 Å². The van der Waals surface area contributed by atoms with E-state index in [4.69, 9.17) is 5.73 Å². The Morgan fingerprint density at radius 3 is 0.848 bits per heavy atom. The van der Waals surface area contributed by atoms with E-state index in [-0.39, 0.29) is 0 Å². The van der Waals surface area contributed by atoms with Gasteiger partial charge in [0.05, 0.1) is 0 Å². The van der Waals surface area contributed by atoms with Crippen molar-refractivity contribution in [2.75, 3.05) is 52.4 Å². The molecule has 4 heteroatoms. The highest BCUT2D eigenvalue weighted by atomic mass is 15.1. The maximum atomic E-state index is 5.59. The summed E-state index contributed by atoms with van der Waals surface area (Å²) in [6, 6.07) is 0. The standard InChI is InChI=1S/C42H90N4/c1-3-5-7-9-11-13-15-17-19-21-23-25-27-29-31-33-40-46(42-39-45-38-37-44-36-35-43)41-34-32-30-28-26-24-22-20-18-16-14-12-10-8-6-4-2/h44-45H,3-43H2,1-2H3. The first kappa shape index (κ1) is 45.8. The van der Waals surface area contributed by atoms with E-state index in [1.54, 1.807) is 0 Å². The van der Waals surface area contributed by atoms with Gasteiger partial charge in [-0.15, -0.1) is 0 Å². The molecular formula is C42H90N4. The number of hydrogen-bond acceptors (Lipinski definition) is 4. The van der Waals surface area contributed by atoms with E-state index in [9.17, 15) is 0 Å². The van der Waals surface area contributed by atoms with Crippen LogP contribution in [0.1, 0.15) is 219 Å². The number of rotatable bonds is 42. The fourth-order valence-corrected chi connectivity index (χ4v) is 6.87. The summed E-state index contributed by atoms with van der Waals surface area (Å²) >= 11 is 0. The quantitative estimate of drug-likeness (QED) is 0.0575. The number of nitrogens with zero attached hydrogens (tertiary/aromatic N) is 1. The van der Waals surface area contributed by atoms with Crippen molar-refractivity contribution < 1.29 is 0 Å². The van der Waals surface area contributed by atoms with Gasteiger partial charge in [0.2, 0.25) is 0 Å². The molecule has 4 nitrogen and oxygen atoms in total. The number of unbranched alkanes of at least 4 members (excludes halogenated alkanes) is 30. The van der Waals surface area contributed by atoms with Crippen molar-refractivity contribution in [2.45, 2.75) is 219 Å². The van der Waals surface area contributed by atoms with Crippen LogP contribution >= 0.6 is 0 Å². The molecule has 0 aromatic heterocycles. The average molecular weight is 651 g/mol. The molecule has 0 unspecified atom stereocenters. The van der Waals surface area contributed by atoms with Crippen LogP contribution in [0.4, 0.5) is 0 Å². The lowest BCUT2D eigenvalue weighted by Crippen LogP contribution is -2.36. The van der Waals surface area contributed by atoms with Gasteiger partial charge in [-0.25, -0.2) is 0 Å². The van der Waals surface area contributed by atoms with E-state index in [1.807, 2.05) is 0 Å². The van der Waals surface area contributed by atoms with Gasteiger partial charge in [0.25, 0.3) is 0 Å². The van der Waals surface area contributed by atoms with E-state index in [1.165, 1.54) is 225 Å². The summed E-state index contributed by atoms with van der Waals surface area (Å²) in [6.45, 7) is 13.2. The molecular weight excluding hydrogens is 560 g/mol. The fraction of sp³-hybridized carbons (Fsp3) is 1.00. The van der Waals surface area contributed by atoms with Crippen LogP contribution in [0, 0.1) is 0 Å². The molecule has 0 aliphatic heterocycles. The SMILES string of the molecule is CCCCCCCCCCCCCCCCCCN(CCCCCCCCCCCCCCCCCC)CCNCCNCCN. The van der Waals surface area contributed by atoms with Gasteiger partial charge in [-0.2, -0.15) is 0 Å². The van der Waals surface area contributed by atoms with Gasteiger partial charge in [-0.1, -0.05) is 206 Å². The second kappa shape index (κ2) is 42.9. The van der Waals surface area contributed by atoms with Crippen molar-refractivity contribution >= 4 is 0 Å². The molecule has 0 amide bonds. The second-order valence-electron chi connectivity index (χ2n) is 14.7. The normalized spacial score (nSPS) is 11.7. The topological polar surface area (TPSA) is 53.3 Å². The molecule has 0 rings (SSSR count). The maximum Gasteiger partial charge on any atom is 0.0107 e. The van der Waals surface area contributed by atoms with Gasteiger partial charge in [-0.05, 0) is 25.9 Å². The Balaban J connectivity index is 3.76. The molecule has 46 heavy (non-hydrogen) atoms. The Morgan fingerprint density at radius 1 is 0.304 bits per heavy atom. The third kappa shape index (κ3) is 40.0. The zero-order chi connectivity index (χ0) is 33.3. The van der Waals surface area contributed by atoms with Crippen molar-refractivity contribution in [3.8, 4) is 0 Å². The molecule has 4 N–H and O–H groups in total. The highest BCUT2D eigenvalue weighted by Gasteiger charge is 2.05. The van der Waals surface area contributed by atoms with E-state index in [0.29, 0.717) is 0 Å². The summed E-state index contributed by atoms with van der Waals surface area (Å²) < 4.78 is 0. The van der Waals surface area contributed by atoms with E-state index < -0.39 is 0 Å². The molecule has 278 valence electrons. The predicted octanol–water partition coefficient (Wildman–Crippen LogP) is 11.9. The number of hydrogen-bond donors (Lipinski definition) is 3. The van der Waals surface area contributed by atoms with Crippen molar-refractivity contribution in [2.24, 2.45) is 5.73 Å². The van der Waals surface area contributed by atoms with E-state index in [0.717, 1.165) is 32.7 Å². The number of nitrogens with one attached hydrogen (secondary N) is 2. The molecule has 0 saturated heterocycles. The van der Waals surface area contributed by atoms with Gasteiger partial charge < -0.3 is 21.3 Å². The summed E-state index contributed by atoms with van der Waals surface area (Å²) in [5.41, 5.74) is 5.59. The Labute approximate surface area is 292 Å². The highest BCUT2D eigenvalue weighted by Crippen LogP contribution is 2.15. The summed E-state index contributed by atoms with van der Waals surface area (Å²) in [5.74, 6) is 0. The molecule has 0 aromatic rings. The van der Waals surface area contributed by atoms with Gasteiger partial charge in [0.1, 0.15) is 0 Å². The first-order chi connectivity index (χ1) is 22.8. The molecule has 0 atom stereocenters. The van der Waals surface area contributed by atoms with Gasteiger partial charge in [0, 0.05) is 39.3 Å². The summed E-state index contributed by atoms with van der Waals surface area (Å²) in [4.78, 5) is 2.76. The molecule has 0 heterocycles. The molecule has 0 fully saturated rings.